The van der Waals surface area contributed by atoms with E-state index in [2.05, 4.69) is 34.1 Å². The maximum Gasteiger partial charge on any atom is 0.0475 e. The number of hydrogen-bond acceptors (Lipinski definition) is 4. The number of benzene rings is 1. The number of rotatable bonds is 7. The molecular formula is C21H35N3O. The van der Waals surface area contributed by atoms with E-state index >= 15 is 0 Å². The van der Waals surface area contributed by atoms with E-state index in [1.165, 1.54) is 49.9 Å². The fraction of sp³-hybridized carbons (Fsp3) is 0.714. The van der Waals surface area contributed by atoms with Crippen LogP contribution >= 0.6 is 0 Å². The molecule has 4 nitrogen and oxygen atoms in total. The lowest BCUT2D eigenvalue weighted by Gasteiger charge is -2.26. The van der Waals surface area contributed by atoms with Crippen molar-refractivity contribution < 1.29 is 5.11 Å². The Kier molecular flexibility index (Phi) is 7.29. The molecule has 2 aliphatic heterocycles. The second-order valence-electron chi connectivity index (χ2n) is 7.97. The van der Waals surface area contributed by atoms with Gasteiger partial charge in [-0.3, -0.25) is 4.90 Å². The highest BCUT2D eigenvalue weighted by Crippen LogP contribution is 2.26. The maximum atomic E-state index is 9.86. The number of nitrogens with two attached hydrogens (primary N) is 1. The van der Waals surface area contributed by atoms with Crippen molar-refractivity contribution in [3.8, 4) is 0 Å². The van der Waals surface area contributed by atoms with Gasteiger partial charge in [-0.25, -0.2) is 0 Å². The molecule has 4 heteroatoms. The van der Waals surface area contributed by atoms with Gasteiger partial charge in [-0.1, -0.05) is 37.1 Å². The molecule has 2 atom stereocenters. The first-order valence-corrected chi connectivity index (χ1v) is 10.1. The van der Waals surface area contributed by atoms with E-state index in [4.69, 9.17) is 5.73 Å². The molecular weight excluding hydrogens is 310 g/mol. The number of hydrogen-bond donors (Lipinski definition) is 2. The van der Waals surface area contributed by atoms with Crippen LogP contribution < -0.4 is 5.73 Å². The third-order valence-corrected chi connectivity index (χ3v) is 5.91. The van der Waals surface area contributed by atoms with Crippen molar-refractivity contribution in [1.29, 1.82) is 0 Å². The van der Waals surface area contributed by atoms with Crippen molar-refractivity contribution in [2.24, 2.45) is 17.6 Å². The van der Waals surface area contributed by atoms with Gasteiger partial charge in [-0.15, -0.1) is 0 Å². The molecule has 2 saturated heterocycles. The highest BCUT2D eigenvalue weighted by atomic mass is 16.3. The third-order valence-electron chi connectivity index (χ3n) is 5.91. The first-order chi connectivity index (χ1) is 12.3. The van der Waals surface area contributed by atoms with Crippen molar-refractivity contribution >= 4 is 0 Å². The predicted octanol–water partition coefficient (Wildman–Crippen LogP) is 2.10. The zero-order valence-corrected chi connectivity index (χ0v) is 15.6. The Balaban J connectivity index is 1.56. The summed E-state index contributed by atoms with van der Waals surface area (Å²) in [7, 11) is 0. The van der Waals surface area contributed by atoms with Gasteiger partial charge in [-0.2, -0.15) is 0 Å². The lowest BCUT2D eigenvalue weighted by atomic mass is 9.96. The Morgan fingerprint density at radius 3 is 2.40 bits per heavy atom. The fourth-order valence-corrected chi connectivity index (χ4v) is 4.54. The third kappa shape index (κ3) is 5.52. The van der Waals surface area contributed by atoms with E-state index in [9.17, 15) is 5.11 Å². The van der Waals surface area contributed by atoms with Gasteiger partial charge in [0.05, 0.1) is 0 Å². The van der Waals surface area contributed by atoms with Gasteiger partial charge in [0.2, 0.25) is 0 Å². The van der Waals surface area contributed by atoms with Gasteiger partial charge >= 0.3 is 0 Å². The van der Waals surface area contributed by atoms with Crippen molar-refractivity contribution in [2.75, 3.05) is 45.9 Å². The van der Waals surface area contributed by atoms with Crippen LogP contribution in [0, 0.1) is 11.8 Å². The predicted molar refractivity (Wildman–Crippen MR) is 103 cm³/mol. The summed E-state index contributed by atoms with van der Waals surface area (Å²) in [6.45, 7) is 7.81. The summed E-state index contributed by atoms with van der Waals surface area (Å²) in [5.41, 5.74) is 8.39. The minimum absolute atomic E-state index is 0.322. The topological polar surface area (TPSA) is 52.7 Å². The highest BCUT2D eigenvalue weighted by Gasteiger charge is 2.33. The number of aliphatic hydroxyl groups excluding tert-OH is 1. The summed E-state index contributed by atoms with van der Waals surface area (Å²) in [6.07, 6.45) is 6.40. The molecule has 0 bridgehead atoms. The molecule has 2 unspecified atom stereocenters. The van der Waals surface area contributed by atoms with Gasteiger partial charge in [0.1, 0.15) is 0 Å². The maximum absolute atomic E-state index is 9.86. The summed E-state index contributed by atoms with van der Waals surface area (Å²) in [5, 5.41) is 9.86. The molecule has 1 aromatic carbocycles. The van der Waals surface area contributed by atoms with Crippen molar-refractivity contribution in [1.82, 2.24) is 9.80 Å². The summed E-state index contributed by atoms with van der Waals surface area (Å²) in [4.78, 5) is 5.18. The molecule has 1 aromatic rings. The van der Waals surface area contributed by atoms with Crippen molar-refractivity contribution in [3.05, 3.63) is 35.4 Å². The summed E-state index contributed by atoms with van der Waals surface area (Å²) in [6, 6.07) is 8.83. The second kappa shape index (κ2) is 9.67. The van der Waals surface area contributed by atoms with Crippen LogP contribution in [-0.4, -0.2) is 60.8 Å². The Hall–Kier alpha value is -0.940. The van der Waals surface area contributed by atoms with Crippen LogP contribution in [-0.2, 0) is 13.0 Å². The smallest absolute Gasteiger partial charge is 0.0475 e. The highest BCUT2D eigenvalue weighted by molar-refractivity contribution is 5.23. The van der Waals surface area contributed by atoms with Crippen LogP contribution in [0.5, 0.6) is 0 Å². The zero-order valence-electron chi connectivity index (χ0n) is 15.6. The van der Waals surface area contributed by atoms with Crippen LogP contribution in [0.1, 0.15) is 36.8 Å². The SMILES string of the molecule is NCCc1cccc(CN2CC(CO)C(CN3CCCCCC3)C2)c1. The molecule has 0 aliphatic carbocycles. The Labute approximate surface area is 153 Å². The van der Waals surface area contributed by atoms with Crippen LogP contribution in [0.2, 0.25) is 0 Å². The summed E-state index contributed by atoms with van der Waals surface area (Å²) in [5.74, 6) is 1.03. The number of aliphatic hydroxyl groups is 1. The molecule has 0 radical (unpaired) electrons. The standard InChI is InChI=1S/C21H35N3O/c22-9-8-18-6-5-7-19(12-18)13-24-15-20(21(16-24)17-25)14-23-10-3-1-2-4-11-23/h5-7,12,20-21,25H,1-4,8-11,13-17,22H2. The van der Waals surface area contributed by atoms with Crippen LogP contribution in [0.25, 0.3) is 0 Å². The Bertz CT molecular complexity index is 514. The number of nitrogens with zero attached hydrogens (tertiary/aromatic N) is 2. The molecule has 0 saturated carbocycles. The lowest BCUT2D eigenvalue weighted by Crippen LogP contribution is -2.34. The van der Waals surface area contributed by atoms with Crippen molar-refractivity contribution in [2.45, 2.75) is 38.6 Å². The Morgan fingerprint density at radius 2 is 1.68 bits per heavy atom. The van der Waals surface area contributed by atoms with Gasteiger partial charge in [0.15, 0.2) is 0 Å². The van der Waals surface area contributed by atoms with Crippen molar-refractivity contribution in [3.63, 3.8) is 0 Å². The van der Waals surface area contributed by atoms with E-state index in [-0.39, 0.29) is 0 Å². The van der Waals surface area contributed by atoms with Crippen LogP contribution in [0.3, 0.4) is 0 Å². The molecule has 2 aliphatic rings. The van der Waals surface area contributed by atoms with E-state index < -0.39 is 0 Å². The normalized spacial score (nSPS) is 26.0. The van der Waals surface area contributed by atoms with Gasteiger partial charge < -0.3 is 15.7 Å². The average Bonchev–Trinajstić information content (AvgIpc) is 2.80. The van der Waals surface area contributed by atoms with E-state index in [1.54, 1.807) is 0 Å². The molecule has 2 heterocycles. The lowest BCUT2D eigenvalue weighted by molar-refractivity contribution is 0.165. The molecule has 3 N–H and O–H groups in total. The molecule has 0 aromatic heterocycles. The minimum Gasteiger partial charge on any atom is -0.396 e. The monoisotopic (exact) mass is 345 g/mol. The van der Waals surface area contributed by atoms with E-state index in [1.807, 2.05) is 0 Å². The zero-order chi connectivity index (χ0) is 17.5. The molecule has 140 valence electrons. The average molecular weight is 346 g/mol. The summed E-state index contributed by atoms with van der Waals surface area (Å²) >= 11 is 0. The fourth-order valence-electron chi connectivity index (χ4n) is 4.54. The van der Waals surface area contributed by atoms with E-state index in [0.717, 1.165) is 32.6 Å². The minimum atomic E-state index is 0.322. The van der Waals surface area contributed by atoms with Crippen LogP contribution in [0.15, 0.2) is 24.3 Å². The van der Waals surface area contributed by atoms with Gasteiger partial charge in [0.25, 0.3) is 0 Å². The quantitative estimate of drug-likeness (QED) is 0.795. The molecule has 25 heavy (non-hydrogen) atoms. The number of likely N-dealkylation sites (tertiary alicyclic amines) is 2. The summed E-state index contributed by atoms with van der Waals surface area (Å²) < 4.78 is 0. The molecule has 0 amide bonds. The Morgan fingerprint density at radius 1 is 0.960 bits per heavy atom. The van der Waals surface area contributed by atoms with Gasteiger partial charge in [-0.05, 0) is 61.9 Å². The largest absolute Gasteiger partial charge is 0.396 e. The molecule has 2 fully saturated rings. The van der Waals surface area contributed by atoms with Crippen LogP contribution in [0.4, 0.5) is 0 Å². The molecule has 0 spiro atoms. The first kappa shape index (κ1) is 18.8. The van der Waals surface area contributed by atoms with Gasteiger partial charge in [0, 0.05) is 32.8 Å². The first-order valence-electron chi connectivity index (χ1n) is 10.1. The second-order valence-corrected chi connectivity index (χ2v) is 7.97. The molecule has 3 rings (SSSR count). The van der Waals surface area contributed by atoms with E-state index in [0.29, 0.717) is 25.0 Å².